The van der Waals surface area contributed by atoms with E-state index in [-0.39, 0.29) is 23.3 Å². The van der Waals surface area contributed by atoms with Gasteiger partial charge in [0.15, 0.2) is 0 Å². The van der Waals surface area contributed by atoms with Crippen molar-refractivity contribution in [2.75, 3.05) is 49.6 Å². The summed E-state index contributed by atoms with van der Waals surface area (Å²) >= 11 is 0. The Morgan fingerprint density at radius 3 is 2.65 bits per heavy atom. The van der Waals surface area contributed by atoms with Crippen LogP contribution < -0.4 is 10.2 Å². The van der Waals surface area contributed by atoms with Crippen LogP contribution in [0.1, 0.15) is 43.7 Å². The van der Waals surface area contributed by atoms with E-state index in [9.17, 15) is 4.79 Å². The molecule has 0 bridgehead atoms. The minimum atomic E-state index is -0.0244. The number of anilines is 2. The van der Waals surface area contributed by atoms with Crippen molar-refractivity contribution in [3.05, 3.63) is 47.9 Å². The fraction of sp³-hybridized carbons (Fsp3) is 0.552. The molecule has 0 spiro atoms. The zero-order chi connectivity index (χ0) is 25.7. The van der Waals surface area contributed by atoms with E-state index in [1.165, 1.54) is 11.3 Å². The second-order valence-corrected chi connectivity index (χ2v) is 11.4. The largest absolute Gasteiger partial charge is 0.379 e. The molecule has 8 heteroatoms. The van der Waals surface area contributed by atoms with Gasteiger partial charge in [-0.15, -0.1) is 0 Å². The highest BCUT2D eigenvalue weighted by Gasteiger charge is 2.54. The first-order chi connectivity index (χ1) is 17.9. The lowest BCUT2D eigenvalue weighted by Gasteiger charge is -2.44. The minimum Gasteiger partial charge on any atom is -0.379 e. The predicted octanol–water partition coefficient (Wildman–Crippen LogP) is 3.96. The van der Waals surface area contributed by atoms with E-state index in [1.807, 2.05) is 36.4 Å². The van der Waals surface area contributed by atoms with E-state index in [2.05, 4.69) is 58.1 Å². The highest BCUT2D eigenvalue weighted by molar-refractivity contribution is 5.97. The Kier molecular flexibility index (Phi) is 6.19. The van der Waals surface area contributed by atoms with Gasteiger partial charge in [-0.2, -0.15) is 5.10 Å². The summed E-state index contributed by atoms with van der Waals surface area (Å²) in [5, 5.41) is 9.62. The van der Waals surface area contributed by atoms with E-state index < -0.39 is 0 Å². The average Bonchev–Trinajstić information content (AvgIpc) is 3.18. The molecule has 0 radical (unpaired) electrons. The number of ether oxygens (including phenoxy) is 1. The molecule has 1 aliphatic carbocycles. The maximum absolute atomic E-state index is 13.2. The van der Waals surface area contributed by atoms with Crippen LogP contribution in [0.4, 0.5) is 11.5 Å². The molecule has 196 valence electrons. The number of nitrogens with one attached hydrogen (secondary N) is 1. The number of pyridine rings is 1. The molecular formula is C29H38N6O2. The molecule has 1 saturated carbocycles. The number of hydrogen-bond acceptors (Lipinski definition) is 6. The number of aromatic nitrogens is 3. The Morgan fingerprint density at radius 2 is 1.97 bits per heavy atom. The molecule has 2 aliphatic heterocycles. The van der Waals surface area contributed by atoms with Crippen LogP contribution in [0.2, 0.25) is 0 Å². The van der Waals surface area contributed by atoms with Gasteiger partial charge >= 0.3 is 0 Å². The lowest BCUT2D eigenvalue weighted by Crippen LogP contribution is -2.56. The summed E-state index contributed by atoms with van der Waals surface area (Å²) in [6.45, 7) is 12.5. The van der Waals surface area contributed by atoms with Gasteiger partial charge in [-0.3, -0.25) is 14.4 Å². The third-order valence-corrected chi connectivity index (χ3v) is 8.92. The SMILES string of the molecule is CC[C@H]1[C@@H](C(=O)Nc2cc3cc(N4CCN([C@@]5(C)CCOC5)CC4)c(C)cc3cn2)[C@@H]1c1cnn(C)c1. The number of aryl methyl sites for hydroxylation is 2. The fourth-order valence-corrected chi connectivity index (χ4v) is 6.61. The average molecular weight is 503 g/mol. The summed E-state index contributed by atoms with van der Waals surface area (Å²) < 4.78 is 7.50. The predicted molar refractivity (Wildman–Crippen MR) is 146 cm³/mol. The number of carbonyl (C=O) groups excluding carboxylic acids is 1. The van der Waals surface area contributed by atoms with Gasteiger partial charge in [0.05, 0.1) is 12.8 Å². The highest BCUT2D eigenvalue weighted by Crippen LogP contribution is 2.56. The lowest BCUT2D eigenvalue weighted by atomic mass is 9.97. The Morgan fingerprint density at radius 1 is 1.16 bits per heavy atom. The number of hydrogen-bond donors (Lipinski definition) is 1. The topological polar surface area (TPSA) is 75.5 Å². The van der Waals surface area contributed by atoms with E-state index in [4.69, 9.17) is 4.74 Å². The Balaban J connectivity index is 1.16. The number of fused-ring (bicyclic) bond motifs is 1. The molecule has 37 heavy (non-hydrogen) atoms. The van der Waals surface area contributed by atoms with Crippen LogP contribution in [0.5, 0.6) is 0 Å². The third-order valence-electron chi connectivity index (χ3n) is 8.92. The molecule has 4 heterocycles. The molecule has 1 aromatic carbocycles. The highest BCUT2D eigenvalue weighted by atomic mass is 16.5. The number of piperazine rings is 1. The molecule has 6 rings (SSSR count). The molecule has 2 saturated heterocycles. The van der Waals surface area contributed by atoms with Crippen LogP contribution in [0.15, 0.2) is 36.8 Å². The van der Waals surface area contributed by atoms with Gasteiger partial charge in [-0.05, 0) is 60.9 Å². The van der Waals surface area contributed by atoms with Gasteiger partial charge in [0.1, 0.15) is 5.82 Å². The van der Waals surface area contributed by atoms with Crippen molar-refractivity contribution in [2.45, 2.75) is 45.1 Å². The van der Waals surface area contributed by atoms with E-state index >= 15 is 0 Å². The summed E-state index contributed by atoms with van der Waals surface area (Å²) in [5.74, 6) is 1.25. The van der Waals surface area contributed by atoms with Gasteiger partial charge in [0, 0.05) is 80.7 Å². The molecule has 1 amide bonds. The second kappa shape index (κ2) is 9.40. The van der Waals surface area contributed by atoms with Gasteiger partial charge in [0.25, 0.3) is 0 Å². The molecule has 3 fully saturated rings. The Bertz CT molecular complexity index is 1300. The van der Waals surface area contributed by atoms with Gasteiger partial charge in [-0.25, -0.2) is 4.98 Å². The smallest absolute Gasteiger partial charge is 0.229 e. The molecule has 3 aromatic rings. The first-order valence-electron chi connectivity index (χ1n) is 13.6. The Hall–Kier alpha value is -2.97. The first kappa shape index (κ1) is 24.4. The van der Waals surface area contributed by atoms with Gasteiger partial charge < -0.3 is 15.0 Å². The lowest BCUT2D eigenvalue weighted by molar-refractivity contribution is -0.117. The standard InChI is InChI=1S/C29H38N6O2/c1-5-23-26(22-16-31-33(4)17-22)27(23)28(36)32-25-14-20-13-24(19(2)12-21(20)15-30-25)34-7-9-35(10-8-34)29(3)6-11-37-18-29/h12-17,23,26-27H,5-11,18H2,1-4H3,(H,30,32,36)/t23-,26-,27-,29+/m1/s1. The van der Waals surface area contributed by atoms with Crippen molar-refractivity contribution in [3.8, 4) is 0 Å². The summed E-state index contributed by atoms with van der Waals surface area (Å²) in [6, 6.07) is 6.50. The van der Waals surface area contributed by atoms with E-state index in [0.29, 0.717) is 11.7 Å². The van der Waals surface area contributed by atoms with Crippen molar-refractivity contribution < 1.29 is 9.53 Å². The fourth-order valence-electron chi connectivity index (χ4n) is 6.61. The Labute approximate surface area is 219 Å². The molecule has 2 aromatic heterocycles. The molecule has 3 aliphatic rings. The number of benzene rings is 1. The van der Waals surface area contributed by atoms with Crippen LogP contribution in [0.25, 0.3) is 10.8 Å². The number of amides is 1. The number of carbonyl (C=O) groups is 1. The van der Waals surface area contributed by atoms with Gasteiger partial charge in [0.2, 0.25) is 5.91 Å². The minimum absolute atomic E-state index is 0.0244. The van der Waals surface area contributed by atoms with Crippen molar-refractivity contribution >= 4 is 28.2 Å². The summed E-state index contributed by atoms with van der Waals surface area (Å²) in [6.07, 6.45) is 7.89. The molecule has 4 atom stereocenters. The number of rotatable bonds is 6. The van der Waals surface area contributed by atoms with Crippen molar-refractivity contribution in [3.63, 3.8) is 0 Å². The zero-order valence-corrected chi connectivity index (χ0v) is 22.4. The van der Waals surface area contributed by atoms with Crippen molar-refractivity contribution in [1.82, 2.24) is 19.7 Å². The van der Waals surface area contributed by atoms with Crippen LogP contribution in [-0.4, -0.2) is 70.5 Å². The quantitative estimate of drug-likeness (QED) is 0.550. The van der Waals surface area contributed by atoms with Crippen LogP contribution in [-0.2, 0) is 16.6 Å². The summed E-state index contributed by atoms with van der Waals surface area (Å²) in [4.78, 5) is 22.9. The maximum atomic E-state index is 13.2. The van der Waals surface area contributed by atoms with Crippen molar-refractivity contribution in [2.24, 2.45) is 18.9 Å². The molecule has 1 N–H and O–H groups in total. The van der Waals surface area contributed by atoms with Crippen LogP contribution in [0, 0.1) is 18.8 Å². The normalized spacial score (nSPS) is 28.1. The first-order valence-corrected chi connectivity index (χ1v) is 13.6. The monoisotopic (exact) mass is 502 g/mol. The third kappa shape index (κ3) is 4.50. The van der Waals surface area contributed by atoms with E-state index in [1.54, 1.807) is 0 Å². The maximum Gasteiger partial charge on any atom is 0.229 e. The zero-order valence-electron chi connectivity index (χ0n) is 22.4. The molecular weight excluding hydrogens is 464 g/mol. The second-order valence-electron chi connectivity index (χ2n) is 11.4. The summed E-state index contributed by atoms with van der Waals surface area (Å²) in [5.41, 5.74) is 3.86. The molecule has 8 nitrogen and oxygen atoms in total. The van der Waals surface area contributed by atoms with Crippen LogP contribution in [0.3, 0.4) is 0 Å². The summed E-state index contributed by atoms with van der Waals surface area (Å²) in [7, 11) is 1.92. The van der Waals surface area contributed by atoms with E-state index in [0.717, 1.165) is 68.6 Å². The van der Waals surface area contributed by atoms with Gasteiger partial charge in [-0.1, -0.05) is 13.3 Å². The number of nitrogens with zero attached hydrogens (tertiary/aromatic N) is 5. The van der Waals surface area contributed by atoms with Crippen molar-refractivity contribution in [1.29, 1.82) is 0 Å². The molecule has 0 unspecified atom stereocenters. The van der Waals surface area contributed by atoms with Crippen LogP contribution >= 0.6 is 0 Å².